The SMILES string of the molecule is COc1ccc(C(C)(C)c2csc(NC(=O)c3ccc(C4(O)CCNCC4)cc3)n2)cc1. The number of benzene rings is 2. The summed E-state index contributed by atoms with van der Waals surface area (Å²) < 4.78 is 5.25. The van der Waals surface area contributed by atoms with Crippen LogP contribution in [0.1, 0.15) is 53.9 Å². The van der Waals surface area contributed by atoms with Crippen molar-refractivity contribution in [2.24, 2.45) is 0 Å². The Kier molecular flexibility index (Phi) is 6.33. The van der Waals surface area contributed by atoms with E-state index >= 15 is 0 Å². The Bertz CT molecular complexity index is 1070. The fourth-order valence-corrected chi connectivity index (χ4v) is 4.88. The monoisotopic (exact) mass is 451 g/mol. The van der Waals surface area contributed by atoms with Crippen LogP contribution in [0.5, 0.6) is 5.75 Å². The molecule has 6 nitrogen and oxygen atoms in total. The highest BCUT2D eigenvalue weighted by Crippen LogP contribution is 2.34. The van der Waals surface area contributed by atoms with E-state index in [1.54, 1.807) is 19.2 Å². The maximum absolute atomic E-state index is 12.8. The summed E-state index contributed by atoms with van der Waals surface area (Å²) in [5.74, 6) is 0.603. The molecule has 2 aromatic carbocycles. The van der Waals surface area contributed by atoms with E-state index in [1.165, 1.54) is 11.3 Å². The molecule has 1 saturated heterocycles. The standard InChI is InChI=1S/C25H29N3O3S/c1-24(2,18-8-10-20(31-3)11-9-18)21-16-32-23(27-21)28-22(29)17-4-6-19(7-5-17)25(30)12-14-26-15-13-25/h4-11,16,26,30H,12-15H2,1-3H3,(H,27,28,29). The average molecular weight is 452 g/mol. The van der Waals surface area contributed by atoms with Crippen LogP contribution in [-0.4, -0.2) is 36.2 Å². The topological polar surface area (TPSA) is 83.5 Å². The van der Waals surface area contributed by atoms with E-state index < -0.39 is 5.60 Å². The number of aliphatic hydroxyl groups is 1. The Morgan fingerprint density at radius 3 is 2.41 bits per heavy atom. The van der Waals surface area contributed by atoms with Gasteiger partial charge in [-0.1, -0.05) is 38.1 Å². The molecule has 1 amide bonds. The van der Waals surface area contributed by atoms with E-state index in [-0.39, 0.29) is 11.3 Å². The fourth-order valence-electron chi connectivity index (χ4n) is 4.00. The van der Waals surface area contributed by atoms with Crippen LogP contribution in [0.4, 0.5) is 5.13 Å². The van der Waals surface area contributed by atoms with E-state index in [9.17, 15) is 9.90 Å². The highest BCUT2D eigenvalue weighted by Gasteiger charge is 2.31. The molecule has 4 rings (SSSR count). The number of carbonyl (C=O) groups is 1. The summed E-state index contributed by atoms with van der Waals surface area (Å²) in [6.45, 7) is 5.80. The Labute approximate surface area is 192 Å². The quantitative estimate of drug-likeness (QED) is 0.520. The minimum absolute atomic E-state index is 0.211. The molecule has 3 N–H and O–H groups in total. The van der Waals surface area contributed by atoms with E-state index in [0.717, 1.165) is 35.7 Å². The Balaban J connectivity index is 1.45. The van der Waals surface area contributed by atoms with Crippen molar-refractivity contribution in [1.29, 1.82) is 0 Å². The number of methoxy groups -OCH3 is 1. The molecule has 0 unspecified atom stereocenters. The number of hydrogen-bond donors (Lipinski definition) is 3. The van der Waals surface area contributed by atoms with E-state index in [0.29, 0.717) is 23.5 Å². The molecule has 0 saturated carbocycles. The number of piperidine rings is 1. The lowest BCUT2D eigenvalue weighted by Gasteiger charge is -2.33. The lowest BCUT2D eigenvalue weighted by Crippen LogP contribution is -2.39. The van der Waals surface area contributed by atoms with Gasteiger partial charge in [0.1, 0.15) is 5.75 Å². The van der Waals surface area contributed by atoms with Gasteiger partial charge >= 0.3 is 0 Å². The normalized spacial score (nSPS) is 15.9. The van der Waals surface area contributed by atoms with Gasteiger partial charge in [-0.2, -0.15) is 0 Å². The summed E-state index contributed by atoms with van der Waals surface area (Å²) in [5, 5.41) is 19.6. The molecule has 0 radical (unpaired) electrons. The summed E-state index contributed by atoms with van der Waals surface area (Å²) in [7, 11) is 1.65. The summed E-state index contributed by atoms with van der Waals surface area (Å²) in [6, 6.07) is 15.2. The second-order valence-corrected chi connectivity index (χ2v) is 9.56. The molecule has 0 spiro atoms. The summed E-state index contributed by atoms with van der Waals surface area (Å²) in [5.41, 5.74) is 2.28. The summed E-state index contributed by atoms with van der Waals surface area (Å²) >= 11 is 1.41. The Hall–Kier alpha value is -2.74. The molecule has 2 heterocycles. The van der Waals surface area contributed by atoms with Gasteiger partial charge in [0, 0.05) is 16.4 Å². The van der Waals surface area contributed by atoms with Crippen LogP contribution >= 0.6 is 11.3 Å². The zero-order valence-electron chi connectivity index (χ0n) is 18.6. The van der Waals surface area contributed by atoms with Crippen molar-refractivity contribution in [3.8, 4) is 5.75 Å². The molecular formula is C25H29N3O3S. The van der Waals surface area contributed by atoms with Crippen molar-refractivity contribution in [2.75, 3.05) is 25.5 Å². The minimum Gasteiger partial charge on any atom is -0.497 e. The molecule has 1 aromatic heterocycles. The number of ether oxygens (including phenoxy) is 1. The van der Waals surface area contributed by atoms with Gasteiger partial charge in [0.05, 0.1) is 18.4 Å². The van der Waals surface area contributed by atoms with Crippen LogP contribution in [-0.2, 0) is 11.0 Å². The molecule has 1 aliphatic rings. The highest BCUT2D eigenvalue weighted by atomic mass is 32.1. The van der Waals surface area contributed by atoms with Gasteiger partial charge in [0.25, 0.3) is 5.91 Å². The maximum Gasteiger partial charge on any atom is 0.257 e. The summed E-state index contributed by atoms with van der Waals surface area (Å²) in [4.78, 5) is 17.4. The summed E-state index contributed by atoms with van der Waals surface area (Å²) in [6.07, 6.45) is 1.34. The van der Waals surface area contributed by atoms with Gasteiger partial charge in [-0.05, 0) is 61.3 Å². The average Bonchev–Trinajstić information content (AvgIpc) is 3.29. The third kappa shape index (κ3) is 4.55. The predicted molar refractivity (Wildman–Crippen MR) is 128 cm³/mol. The second-order valence-electron chi connectivity index (χ2n) is 8.70. The molecule has 32 heavy (non-hydrogen) atoms. The predicted octanol–water partition coefficient (Wildman–Crippen LogP) is 4.30. The number of rotatable bonds is 6. The van der Waals surface area contributed by atoms with Gasteiger partial charge in [-0.15, -0.1) is 11.3 Å². The number of thiazole rings is 1. The molecule has 1 fully saturated rings. The molecular weight excluding hydrogens is 422 g/mol. The third-order valence-electron chi connectivity index (χ3n) is 6.29. The minimum atomic E-state index is -0.822. The van der Waals surface area contributed by atoms with Crippen molar-refractivity contribution in [1.82, 2.24) is 10.3 Å². The van der Waals surface area contributed by atoms with E-state index in [4.69, 9.17) is 4.74 Å². The molecule has 0 aliphatic carbocycles. The Morgan fingerprint density at radius 2 is 1.78 bits per heavy atom. The van der Waals surface area contributed by atoms with Gasteiger partial charge in [-0.25, -0.2) is 4.98 Å². The van der Waals surface area contributed by atoms with Crippen LogP contribution in [0.15, 0.2) is 53.9 Å². The molecule has 3 aromatic rings. The van der Waals surface area contributed by atoms with Crippen molar-refractivity contribution >= 4 is 22.4 Å². The zero-order valence-corrected chi connectivity index (χ0v) is 19.5. The largest absolute Gasteiger partial charge is 0.497 e. The number of aromatic nitrogens is 1. The first-order valence-corrected chi connectivity index (χ1v) is 11.7. The zero-order chi connectivity index (χ0) is 22.8. The van der Waals surface area contributed by atoms with E-state index in [2.05, 4.69) is 29.5 Å². The van der Waals surface area contributed by atoms with E-state index in [1.807, 2.05) is 41.8 Å². The third-order valence-corrected chi connectivity index (χ3v) is 7.05. The maximum atomic E-state index is 12.8. The van der Waals surface area contributed by atoms with Crippen LogP contribution in [0.2, 0.25) is 0 Å². The molecule has 1 aliphatic heterocycles. The van der Waals surface area contributed by atoms with Gasteiger partial charge in [-0.3, -0.25) is 10.1 Å². The van der Waals surface area contributed by atoms with Crippen molar-refractivity contribution in [3.63, 3.8) is 0 Å². The number of nitrogens with zero attached hydrogens (tertiary/aromatic N) is 1. The molecule has 0 bridgehead atoms. The molecule has 168 valence electrons. The second kappa shape index (κ2) is 9.02. The van der Waals surface area contributed by atoms with Crippen molar-refractivity contribution in [3.05, 3.63) is 76.3 Å². The fraction of sp³-hybridized carbons (Fsp3) is 0.360. The van der Waals surface area contributed by atoms with Crippen LogP contribution in [0.3, 0.4) is 0 Å². The number of nitrogens with one attached hydrogen (secondary N) is 2. The molecule has 0 atom stereocenters. The van der Waals surface area contributed by atoms with Crippen molar-refractivity contribution < 1.29 is 14.6 Å². The van der Waals surface area contributed by atoms with Crippen molar-refractivity contribution in [2.45, 2.75) is 37.7 Å². The van der Waals surface area contributed by atoms with Gasteiger partial charge < -0.3 is 15.2 Å². The first-order chi connectivity index (χ1) is 15.3. The van der Waals surface area contributed by atoms with Gasteiger partial charge in [0.15, 0.2) is 5.13 Å². The number of amides is 1. The number of anilines is 1. The number of hydrogen-bond acceptors (Lipinski definition) is 6. The first-order valence-electron chi connectivity index (χ1n) is 10.8. The first kappa shape index (κ1) is 22.5. The van der Waals surface area contributed by atoms with Crippen LogP contribution in [0.25, 0.3) is 0 Å². The van der Waals surface area contributed by atoms with Crippen LogP contribution in [0, 0.1) is 0 Å². The lowest BCUT2D eigenvalue weighted by molar-refractivity contribution is 0.00592. The van der Waals surface area contributed by atoms with Gasteiger partial charge in [0.2, 0.25) is 0 Å². The highest BCUT2D eigenvalue weighted by molar-refractivity contribution is 7.14. The smallest absolute Gasteiger partial charge is 0.257 e. The van der Waals surface area contributed by atoms with Crippen LogP contribution < -0.4 is 15.4 Å². The number of carbonyl (C=O) groups excluding carboxylic acids is 1. The Morgan fingerprint density at radius 1 is 1.12 bits per heavy atom. The lowest BCUT2D eigenvalue weighted by atomic mass is 9.82. The molecule has 7 heteroatoms.